The average molecular weight is 341 g/mol. The minimum Gasteiger partial charge on any atom is -0.386 e. The van der Waals surface area contributed by atoms with Crippen LogP contribution in [-0.4, -0.2) is 16.4 Å². The lowest BCUT2D eigenvalue weighted by Crippen LogP contribution is -2.44. The van der Waals surface area contributed by atoms with Gasteiger partial charge in [0.1, 0.15) is 0 Å². The number of aliphatic hydroxyl groups is 1. The topological polar surface area (TPSA) is 49.3 Å². The highest BCUT2D eigenvalue weighted by Gasteiger charge is 2.30. The first-order valence-electron chi connectivity index (χ1n) is 9.56. The van der Waals surface area contributed by atoms with Crippen molar-refractivity contribution in [3.63, 3.8) is 0 Å². The van der Waals surface area contributed by atoms with Gasteiger partial charge >= 0.3 is 0 Å². The van der Waals surface area contributed by atoms with Crippen LogP contribution >= 0.6 is 0 Å². The van der Waals surface area contributed by atoms with Crippen molar-refractivity contribution in [2.24, 2.45) is 5.92 Å². The largest absolute Gasteiger partial charge is 0.386 e. The van der Waals surface area contributed by atoms with E-state index >= 15 is 0 Å². The summed E-state index contributed by atoms with van der Waals surface area (Å²) >= 11 is 0. The molecule has 0 radical (unpaired) electrons. The standard InChI is InChI=1S/C22H31NO2/c1-21(2)14-16-10-11-17(22(3,4)25)12-18(16)19(23-21)13-20(24)15-8-6-5-7-9-15/h10-13,15,23,25H,5-9,14H2,1-4H3/b19-13-. The van der Waals surface area contributed by atoms with E-state index in [0.29, 0.717) is 0 Å². The second-order valence-electron chi connectivity index (χ2n) is 8.91. The number of fused-ring (bicyclic) bond motifs is 1. The minimum absolute atomic E-state index is 0.0814. The van der Waals surface area contributed by atoms with Crippen molar-refractivity contribution in [1.82, 2.24) is 5.32 Å². The Balaban J connectivity index is 1.98. The Kier molecular flexibility index (Phi) is 4.80. The van der Waals surface area contributed by atoms with Crippen molar-refractivity contribution in [2.45, 2.75) is 77.4 Å². The van der Waals surface area contributed by atoms with Crippen LogP contribution < -0.4 is 5.32 Å². The first kappa shape index (κ1) is 18.2. The van der Waals surface area contributed by atoms with Crippen molar-refractivity contribution < 1.29 is 9.90 Å². The molecule has 0 unspecified atom stereocenters. The maximum Gasteiger partial charge on any atom is 0.160 e. The molecule has 3 heteroatoms. The van der Waals surface area contributed by atoms with Crippen LogP contribution in [0.5, 0.6) is 0 Å². The van der Waals surface area contributed by atoms with Gasteiger partial charge in [0, 0.05) is 28.8 Å². The normalized spacial score (nSPS) is 22.4. The Morgan fingerprint density at radius 2 is 1.92 bits per heavy atom. The summed E-state index contributed by atoms with van der Waals surface area (Å²) in [6.45, 7) is 7.93. The van der Waals surface area contributed by atoms with Crippen LogP contribution in [-0.2, 0) is 16.8 Å². The van der Waals surface area contributed by atoms with Crippen LogP contribution in [0.4, 0.5) is 0 Å². The van der Waals surface area contributed by atoms with E-state index in [1.807, 2.05) is 18.2 Å². The monoisotopic (exact) mass is 341 g/mol. The molecular weight excluding hydrogens is 310 g/mol. The van der Waals surface area contributed by atoms with Crippen LogP contribution in [0.25, 0.3) is 5.70 Å². The van der Waals surface area contributed by atoms with E-state index in [-0.39, 0.29) is 17.2 Å². The van der Waals surface area contributed by atoms with E-state index in [1.165, 1.54) is 12.0 Å². The quantitative estimate of drug-likeness (QED) is 0.805. The zero-order valence-electron chi connectivity index (χ0n) is 16.0. The first-order chi connectivity index (χ1) is 11.7. The van der Waals surface area contributed by atoms with Gasteiger partial charge in [0.25, 0.3) is 0 Å². The lowest BCUT2D eigenvalue weighted by molar-refractivity contribution is -0.119. The van der Waals surface area contributed by atoms with Gasteiger partial charge in [-0.2, -0.15) is 0 Å². The van der Waals surface area contributed by atoms with E-state index < -0.39 is 5.60 Å². The third-order valence-electron chi connectivity index (χ3n) is 5.51. The number of nitrogens with one attached hydrogen (secondary N) is 1. The summed E-state index contributed by atoms with van der Waals surface area (Å²) in [5, 5.41) is 13.9. The number of hydrogen-bond acceptors (Lipinski definition) is 3. The fourth-order valence-corrected chi connectivity index (χ4v) is 4.08. The summed E-state index contributed by atoms with van der Waals surface area (Å²) in [7, 11) is 0. The molecule has 1 fully saturated rings. The van der Waals surface area contributed by atoms with Gasteiger partial charge in [0.05, 0.1) is 5.60 Å². The molecule has 136 valence electrons. The molecule has 0 atom stereocenters. The molecule has 3 rings (SSSR count). The number of hydrogen-bond donors (Lipinski definition) is 2. The lowest BCUT2D eigenvalue weighted by Gasteiger charge is -2.36. The molecule has 1 aliphatic carbocycles. The van der Waals surface area contributed by atoms with E-state index in [9.17, 15) is 9.90 Å². The number of allylic oxidation sites excluding steroid dienone is 1. The summed E-state index contributed by atoms with van der Waals surface area (Å²) < 4.78 is 0. The van der Waals surface area contributed by atoms with E-state index in [1.54, 1.807) is 13.8 Å². The maximum absolute atomic E-state index is 12.8. The molecule has 2 aliphatic rings. The SMILES string of the molecule is CC1(C)Cc2ccc(C(C)(C)O)cc2/C(=C/C(=O)C2CCCCC2)N1. The first-order valence-corrected chi connectivity index (χ1v) is 9.56. The highest BCUT2D eigenvalue weighted by molar-refractivity contribution is 5.98. The maximum atomic E-state index is 12.8. The molecule has 1 heterocycles. The molecular formula is C22H31NO2. The fourth-order valence-electron chi connectivity index (χ4n) is 4.08. The van der Waals surface area contributed by atoms with Crippen molar-refractivity contribution in [3.05, 3.63) is 41.0 Å². The van der Waals surface area contributed by atoms with Gasteiger partial charge in [-0.25, -0.2) is 0 Å². The van der Waals surface area contributed by atoms with Crippen molar-refractivity contribution in [2.75, 3.05) is 0 Å². The third kappa shape index (κ3) is 4.14. The summed E-state index contributed by atoms with van der Waals surface area (Å²) in [6, 6.07) is 6.14. The van der Waals surface area contributed by atoms with Gasteiger partial charge in [-0.3, -0.25) is 4.79 Å². The van der Waals surface area contributed by atoms with Gasteiger partial charge in [-0.05, 0) is 64.2 Å². The van der Waals surface area contributed by atoms with Crippen molar-refractivity contribution >= 4 is 11.5 Å². The van der Waals surface area contributed by atoms with Crippen LogP contribution in [0.3, 0.4) is 0 Å². The summed E-state index contributed by atoms with van der Waals surface area (Å²) in [5.41, 5.74) is 3.11. The minimum atomic E-state index is -0.888. The Hall–Kier alpha value is -1.61. The molecule has 2 N–H and O–H groups in total. The molecule has 1 aliphatic heterocycles. The molecule has 1 aromatic carbocycles. The van der Waals surface area contributed by atoms with Gasteiger partial charge in [0.15, 0.2) is 5.78 Å². The number of benzene rings is 1. The van der Waals surface area contributed by atoms with E-state index in [0.717, 1.165) is 48.9 Å². The van der Waals surface area contributed by atoms with Crippen LogP contribution in [0.1, 0.15) is 76.5 Å². The van der Waals surface area contributed by atoms with E-state index in [2.05, 4.69) is 25.2 Å². The zero-order chi connectivity index (χ0) is 18.2. The lowest BCUT2D eigenvalue weighted by atomic mass is 9.81. The van der Waals surface area contributed by atoms with Gasteiger partial charge < -0.3 is 10.4 Å². The number of carbonyl (C=O) groups is 1. The second-order valence-corrected chi connectivity index (χ2v) is 8.91. The van der Waals surface area contributed by atoms with Gasteiger partial charge in [0.2, 0.25) is 0 Å². The van der Waals surface area contributed by atoms with Crippen molar-refractivity contribution in [1.29, 1.82) is 0 Å². The number of carbonyl (C=O) groups excluding carboxylic acids is 1. The molecule has 0 bridgehead atoms. The molecule has 25 heavy (non-hydrogen) atoms. The predicted molar refractivity (Wildman–Crippen MR) is 102 cm³/mol. The average Bonchev–Trinajstić information content (AvgIpc) is 2.53. The Labute approximate surface area is 151 Å². The predicted octanol–water partition coefficient (Wildman–Crippen LogP) is 4.33. The molecule has 0 saturated heterocycles. The molecule has 0 aromatic heterocycles. The highest BCUT2D eigenvalue weighted by Crippen LogP contribution is 2.34. The molecule has 0 spiro atoms. The smallest absolute Gasteiger partial charge is 0.160 e. The van der Waals surface area contributed by atoms with Crippen molar-refractivity contribution in [3.8, 4) is 0 Å². The summed E-state index contributed by atoms with van der Waals surface area (Å²) in [4.78, 5) is 12.8. The molecule has 3 nitrogen and oxygen atoms in total. The van der Waals surface area contributed by atoms with Crippen LogP contribution in [0, 0.1) is 5.92 Å². The zero-order valence-corrected chi connectivity index (χ0v) is 16.0. The Bertz CT molecular complexity index is 688. The molecule has 0 amide bonds. The van der Waals surface area contributed by atoms with Crippen LogP contribution in [0.2, 0.25) is 0 Å². The van der Waals surface area contributed by atoms with Crippen LogP contribution in [0.15, 0.2) is 24.3 Å². The van der Waals surface area contributed by atoms with Gasteiger partial charge in [-0.15, -0.1) is 0 Å². The second kappa shape index (κ2) is 6.60. The highest BCUT2D eigenvalue weighted by atomic mass is 16.3. The number of rotatable bonds is 3. The fraction of sp³-hybridized carbons (Fsp3) is 0.591. The van der Waals surface area contributed by atoms with Gasteiger partial charge in [-0.1, -0.05) is 31.4 Å². The number of ketones is 1. The van der Waals surface area contributed by atoms with E-state index in [4.69, 9.17) is 0 Å². The Morgan fingerprint density at radius 3 is 2.56 bits per heavy atom. The summed E-state index contributed by atoms with van der Waals surface area (Å²) in [6.07, 6.45) is 8.34. The molecule has 1 saturated carbocycles. The third-order valence-corrected chi connectivity index (χ3v) is 5.51. The molecule has 1 aromatic rings. The summed E-state index contributed by atoms with van der Waals surface area (Å²) in [5.74, 6) is 0.425. The Morgan fingerprint density at radius 1 is 1.24 bits per heavy atom.